The number of aromatic nitrogens is 2. The molecule has 1 aliphatic heterocycles. The summed E-state index contributed by atoms with van der Waals surface area (Å²) in [5, 5.41) is 27.8. The van der Waals surface area contributed by atoms with E-state index in [2.05, 4.69) is 10.0 Å². The van der Waals surface area contributed by atoms with Gasteiger partial charge in [-0.3, -0.25) is 23.9 Å². The van der Waals surface area contributed by atoms with Gasteiger partial charge in [-0.15, -0.1) is 0 Å². The molecule has 4 rings (SSSR count). The van der Waals surface area contributed by atoms with Gasteiger partial charge in [0, 0.05) is 26.7 Å². The van der Waals surface area contributed by atoms with Crippen molar-refractivity contribution < 1.29 is 37.7 Å². The summed E-state index contributed by atoms with van der Waals surface area (Å²) in [5.74, 6) is -2.86. The third-order valence-electron chi connectivity index (χ3n) is 6.44. The lowest BCUT2D eigenvalue weighted by molar-refractivity contribution is -0.140. The molecular weight excluding hydrogens is 654 g/mol. The topological polar surface area (TPSA) is 187 Å². The number of carbonyl (C=O) groups excluding carboxylic acids is 2. The molecule has 2 aromatic carbocycles. The Labute approximate surface area is 234 Å². The largest absolute Gasteiger partial charge is 0.423 e. The average molecular weight is 671 g/mol. The summed E-state index contributed by atoms with van der Waals surface area (Å²) < 4.78 is 45.9. The van der Waals surface area contributed by atoms with Gasteiger partial charge in [-0.25, -0.2) is 4.79 Å². The van der Waals surface area contributed by atoms with E-state index in [-0.39, 0.29) is 21.9 Å². The van der Waals surface area contributed by atoms with E-state index in [0.717, 1.165) is 0 Å². The zero-order chi connectivity index (χ0) is 29.5. The number of halogens is 4. The highest BCUT2D eigenvalue weighted by atomic mass is 127. The second-order valence-electron chi connectivity index (χ2n) is 8.65. The maximum Gasteiger partial charge on any atom is 0.423 e. The highest BCUT2D eigenvalue weighted by Crippen LogP contribution is 2.55. The molecule has 0 saturated carbocycles. The second-order valence-corrected chi connectivity index (χ2v) is 9.41. The number of ether oxygens (including phenoxy) is 1. The van der Waals surface area contributed by atoms with Crippen molar-refractivity contribution in [3.8, 4) is 0 Å². The number of ketones is 2. The summed E-state index contributed by atoms with van der Waals surface area (Å²) in [6.45, 7) is 0. The van der Waals surface area contributed by atoms with Gasteiger partial charge in [-0.2, -0.15) is 13.2 Å². The molecule has 1 aromatic heterocycles. The molecule has 0 amide bonds. The molecule has 0 spiro atoms. The molecule has 208 valence electrons. The molecule has 12 nitrogen and oxygen atoms in total. The van der Waals surface area contributed by atoms with E-state index in [1.54, 1.807) is 0 Å². The number of H-pyrrole nitrogens is 1. The average Bonchev–Trinajstić information content (AvgIpc) is 3.13. The number of azide groups is 1. The molecule has 3 aromatic rings. The number of aliphatic hydroxyl groups is 2. The minimum Gasteiger partial charge on any atom is -0.376 e. The third kappa shape index (κ3) is 4.24. The summed E-state index contributed by atoms with van der Waals surface area (Å²) in [4.78, 5) is 56.7. The predicted molar refractivity (Wildman–Crippen MR) is 139 cm³/mol. The molecule has 0 bridgehead atoms. The fourth-order valence-electron chi connectivity index (χ4n) is 4.51. The molecule has 0 aliphatic carbocycles. The number of rotatable bonds is 7. The van der Waals surface area contributed by atoms with Gasteiger partial charge in [-0.1, -0.05) is 88.4 Å². The number of nitrogens with zero attached hydrogens (tertiary/aromatic N) is 4. The van der Waals surface area contributed by atoms with Crippen molar-refractivity contribution >= 4 is 34.2 Å². The summed E-state index contributed by atoms with van der Waals surface area (Å²) >= 11 is 1.51. The lowest BCUT2D eigenvalue weighted by atomic mass is 9.69. The smallest absolute Gasteiger partial charge is 0.376 e. The predicted octanol–water partition coefficient (Wildman–Crippen LogP) is 2.75. The molecule has 1 saturated heterocycles. The normalized spacial score (nSPS) is 26.2. The van der Waals surface area contributed by atoms with Crippen LogP contribution in [0.25, 0.3) is 10.4 Å². The number of alkyl halides is 4. The van der Waals surface area contributed by atoms with Crippen LogP contribution in [0.1, 0.15) is 32.5 Å². The first-order chi connectivity index (χ1) is 18.8. The van der Waals surface area contributed by atoms with Crippen LogP contribution in [0.3, 0.4) is 0 Å². The fraction of sp³-hybridized carbons (Fsp3) is 0.250. The maximum absolute atomic E-state index is 14.0. The van der Waals surface area contributed by atoms with Crippen LogP contribution in [0.2, 0.25) is 0 Å². The molecule has 2 heterocycles. The number of aromatic amines is 1. The first-order valence-electron chi connectivity index (χ1n) is 11.2. The molecule has 16 heteroatoms. The molecule has 3 N–H and O–H groups in total. The Bertz CT molecular complexity index is 1640. The standard InChI is InChI=1S/C24H17F3IN5O7/c25-24(26,27)15-11-33(20(37)30-18(15)36)19-22(38,16(34)13-7-3-1-4-8-13)23(39,21(12-28,40-19)31-32-29)17(35)14-9-5-2-6-10-14/h1-11,19,38-39H,12H2,(H,30,36,37)/t19-,21-,22+,23-/m1/s1. The SMILES string of the molecule is [N-]=[N+]=N[C@]1(CI)O[C@@H](n2cc(C(F)(F)F)c(=O)[nH]c2=O)[C@@](O)(C(=O)c2ccccc2)[C@@]1(O)C(=O)c1ccccc1. The fourth-order valence-corrected chi connectivity index (χ4v) is 5.39. The van der Waals surface area contributed by atoms with Crippen LogP contribution < -0.4 is 11.2 Å². The summed E-state index contributed by atoms with van der Waals surface area (Å²) in [5.41, 5.74) is -6.64. The van der Waals surface area contributed by atoms with Gasteiger partial charge in [0.05, 0.1) is 0 Å². The molecule has 0 unspecified atom stereocenters. The first-order valence-corrected chi connectivity index (χ1v) is 12.7. The minimum absolute atomic E-state index is 0.00918. The Kier molecular flexibility index (Phi) is 7.50. The Balaban J connectivity index is 2.14. The van der Waals surface area contributed by atoms with Gasteiger partial charge in [0.2, 0.25) is 22.8 Å². The summed E-state index contributed by atoms with van der Waals surface area (Å²) in [7, 11) is 0. The van der Waals surface area contributed by atoms with Crippen LogP contribution >= 0.6 is 22.6 Å². The van der Waals surface area contributed by atoms with E-state index in [4.69, 9.17) is 4.74 Å². The van der Waals surface area contributed by atoms with Crippen molar-refractivity contribution in [2.45, 2.75) is 29.3 Å². The van der Waals surface area contributed by atoms with Gasteiger partial charge in [0.25, 0.3) is 5.56 Å². The first kappa shape index (κ1) is 29.2. The highest BCUT2D eigenvalue weighted by Gasteiger charge is 2.80. The monoisotopic (exact) mass is 671 g/mol. The van der Waals surface area contributed by atoms with E-state index in [0.29, 0.717) is 0 Å². The van der Waals surface area contributed by atoms with E-state index in [9.17, 15) is 48.1 Å². The molecule has 1 fully saturated rings. The minimum atomic E-state index is -5.31. The number of hydrogen-bond acceptors (Lipinski definition) is 8. The van der Waals surface area contributed by atoms with E-state index >= 15 is 0 Å². The zero-order valence-corrected chi connectivity index (χ0v) is 22.0. The van der Waals surface area contributed by atoms with Crippen molar-refractivity contribution in [1.82, 2.24) is 9.55 Å². The van der Waals surface area contributed by atoms with Crippen molar-refractivity contribution in [2.75, 3.05) is 4.43 Å². The lowest BCUT2D eigenvalue weighted by Gasteiger charge is -2.41. The maximum atomic E-state index is 14.0. The molecular formula is C24H17F3IN5O7. The molecule has 4 atom stereocenters. The molecule has 1 aliphatic rings. The van der Waals surface area contributed by atoms with Crippen molar-refractivity contribution in [3.63, 3.8) is 0 Å². The van der Waals surface area contributed by atoms with Crippen molar-refractivity contribution in [1.29, 1.82) is 0 Å². The van der Waals surface area contributed by atoms with Crippen LogP contribution in [0.4, 0.5) is 13.2 Å². The van der Waals surface area contributed by atoms with Crippen molar-refractivity contribution in [3.05, 3.63) is 115 Å². The van der Waals surface area contributed by atoms with Crippen LogP contribution in [-0.4, -0.2) is 52.7 Å². The number of hydrogen-bond donors (Lipinski definition) is 3. The third-order valence-corrected chi connectivity index (χ3v) is 7.47. The number of Topliss-reactive ketones (excluding diaryl/α,β-unsaturated/α-hetero) is 2. The van der Waals surface area contributed by atoms with Crippen molar-refractivity contribution in [2.24, 2.45) is 5.11 Å². The second kappa shape index (κ2) is 10.3. The Morgan fingerprint density at radius 3 is 2.05 bits per heavy atom. The van der Waals surface area contributed by atoms with E-state index in [1.807, 2.05) is 0 Å². The Hall–Kier alpha value is -3.83. The molecule has 0 radical (unpaired) electrons. The van der Waals surface area contributed by atoms with Gasteiger partial charge < -0.3 is 14.9 Å². The summed E-state index contributed by atoms with van der Waals surface area (Å²) in [6, 6.07) is 13.2. The Morgan fingerprint density at radius 2 is 1.57 bits per heavy atom. The van der Waals surface area contributed by atoms with Gasteiger partial charge in [0.15, 0.2) is 12.0 Å². The van der Waals surface area contributed by atoms with Crippen LogP contribution in [0, 0.1) is 0 Å². The van der Waals surface area contributed by atoms with Gasteiger partial charge in [0.1, 0.15) is 5.56 Å². The van der Waals surface area contributed by atoms with Gasteiger partial charge in [-0.05, 0) is 5.53 Å². The van der Waals surface area contributed by atoms with Crippen LogP contribution in [-0.2, 0) is 10.9 Å². The highest BCUT2D eigenvalue weighted by molar-refractivity contribution is 14.1. The van der Waals surface area contributed by atoms with Crippen LogP contribution in [0.15, 0.2) is 81.6 Å². The number of carbonyl (C=O) groups is 2. The quantitative estimate of drug-likeness (QED) is 0.0860. The van der Waals surface area contributed by atoms with Gasteiger partial charge >= 0.3 is 11.9 Å². The van der Waals surface area contributed by atoms with Crippen LogP contribution in [0.5, 0.6) is 0 Å². The number of nitrogens with one attached hydrogen (secondary N) is 1. The number of benzene rings is 2. The van der Waals surface area contributed by atoms with E-state index < -0.39 is 62.1 Å². The summed E-state index contributed by atoms with van der Waals surface area (Å²) in [6.07, 6.45) is -7.96. The zero-order valence-electron chi connectivity index (χ0n) is 19.9. The Morgan fingerprint density at radius 1 is 1.05 bits per heavy atom. The van der Waals surface area contributed by atoms with E-state index in [1.165, 1.54) is 88.2 Å². The molecule has 40 heavy (non-hydrogen) atoms. The lowest BCUT2D eigenvalue weighted by Crippen LogP contribution is -2.70.